The number of aryl methyl sites for hydroxylation is 2. The molecule has 0 aromatic heterocycles. The number of hydrogen-bond acceptors (Lipinski definition) is 2. The smallest absolute Gasteiger partial charge is 0.0376 e. The highest BCUT2D eigenvalue weighted by Crippen LogP contribution is 2.22. The molecule has 0 atom stereocenters. The quantitative estimate of drug-likeness (QED) is 0.795. The van der Waals surface area contributed by atoms with E-state index in [0.29, 0.717) is 6.54 Å². The second-order valence-electron chi connectivity index (χ2n) is 4.87. The largest absolute Gasteiger partial charge is 0.380 e. The third kappa shape index (κ3) is 3.56. The second kappa shape index (κ2) is 4.67. The van der Waals surface area contributed by atoms with E-state index in [0.717, 1.165) is 6.42 Å². The number of nitrogens with two attached hydrogens (primary N) is 1. The predicted octanol–water partition coefficient (Wildman–Crippen LogP) is 2.84. The molecule has 15 heavy (non-hydrogen) atoms. The highest BCUT2D eigenvalue weighted by Gasteiger charge is 2.16. The highest BCUT2D eigenvalue weighted by molar-refractivity contribution is 5.53. The summed E-state index contributed by atoms with van der Waals surface area (Å²) in [4.78, 5) is 0. The van der Waals surface area contributed by atoms with E-state index in [1.54, 1.807) is 0 Å². The molecule has 2 heteroatoms. The summed E-state index contributed by atoms with van der Waals surface area (Å²) in [5, 5.41) is 3.55. The van der Waals surface area contributed by atoms with E-state index >= 15 is 0 Å². The van der Waals surface area contributed by atoms with Crippen molar-refractivity contribution in [2.75, 3.05) is 11.9 Å². The van der Waals surface area contributed by atoms with E-state index in [1.165, 1.54) is 16.8 Å². The van der Waals surface area contributed by atoms with Crippen LogP contribution in [0, 0.1) is 13.8 Å². The van der Waals surface area contributed by atoms with Gasteiger partial charge in [-0.1, -0.05) is 12.1 Å². The number of hydrogen-bond donors (Lipinski definition) is 2. The van der Waals surface area contributed by atoms with Gasteiger partial charge in [0, 0.05) is 11.2 Å². The summed E-state index contributed by atoms with van der Waals surface area (Å²) in [5.41, 5.74) is 9.44. The van der Waals surface area contributed by atoms with Gasteiger partial charge in [-0.3, -0.25) is 0 Å². The van der Waals surface area contributed by atoms with Crippen LogP contribution in [0.25, 0.3) is 0 Å². The summed E-state index contributed by atoms with van der Waals surface area (Å²) in [5.74, 6) is 0. The lowest BCUT2D eigenvalue weighted by atomic mass is 9.99. The fraction of sp³-hybridized carbons (Fsp3) is 0.538. The molecule has 84 valence electrons. The van der Waals surface area contributed by atoms with E-state index < -0.39 is 0 Å². The Labute approximate surface area is 92.9 Å². The standard InChI is InChI=1S/C13H22N2/c1-10-5-6-11(2)12(9-10)15-13(3,4)7-8-14/h5-6,9,15H,7-8,14H2,1-4H3. The minimum absolute atomic E-state index is 0.0628. The Hall–Kier alpha value is -1.02. The first kappa shape index (κ1) is 12.1. The maximum absolute atomic E-state index is 5.60. The molecule has 3 N–H and O–H groups in total. The van der Waals surface area contributed by atoms with Crippen LogP contribution in [0.3, 0.4) is 0 Å². The van der Waals surface area contributed by atoms with Crippen LogP contribution in [-0.4, -0.2) is 12.1 Å². The minimum atomic E-state index is 0.0628. The van der Waals surface area contributed by atoms with E-state index in [9.17, 15) is 0 Å². The van der Waals surface area contributed by atoms with E-state index in [2.05, 4.69) is 51.2 Å². The average Bonchev–Trinajstić information content (AvgIpc) is 2.10. The average molecular weight is 206 g/mol. The number of anilines is 1. The molecule has 0 spiro atoms. The van der Waals surface area contributed by atoms with Gasteiger partial charge in [0.05, 0.1) is 0 Å². The summed E-state index contributed by atoms with van der Waals surface area (Å²) in [7, 11) is 0. The fourth-order valence-electron chi connectivity index (χ4n) is 1.66. The van der Waals surface area contributed by atoms with Gasteiger partial charge in [0.1, 0.15) is 0 Å². The van der Waals surface area contributed by atoms with Gasteiger partial charge in [0.25, 0.3) is 0 Å². The molecule has 2 nitrogen and oxygen atoms in total. The normalized spacial score (nSPS) is 11.5. The molecule has 0 aliphatic heterocycles. The zero-order valence-electron chi connectivity index (χ0n) is 10.2. The molecule has 0 heterocycles. The molecule has 1 aromatic rings. The maximum Gasteiger partial charge on any atom is 0.0376 e. The monoisotopic (exact) mass is 206 g/mol. The van der Waals surface area contributed by atoms with Crippen molar-refractivity contribution >= 4 is 5.69 Å². The van der Waals surface area contributed by atoms with Gasteiger partial charge in [0.2, 0.25) is 0 Å². The summed E-state index contributed by atoms with van der Waals surface area (Å²) >= 11 is 0. The summed E-state index contributed by atoms with van der Waals surface area (Å²) in [6.07, 6.45) is 0.973. The molecule has 0 bridgehead atoms. The van der Waals surface area contributed by atoms with Crippen LogP contribution in [0.4, 0.5) is 5.69 Å². The van der Waals surface area contributed by atoms with Crippen LogP contribution in [-0.2, 0) is 0 Å². The van der Waals surface area contributed by atoms with Crippen molar-refractivity contribution in [3.63, 3.8) is 0 Å². The van der Waals surface area contributed by atoms with Crippen LogP contribution in [0.1, 0.15) is 31.4 Å². The van der Waals surface area contributed by atoms with Crippen molar-refractivity contribution in [2.24, 2.45) is 5.73 Å². The Morgan fingerprint density at radius 1 is 1.27 bits per heavy atom. The number of nitrogens with one attached hydrogen (secondary N) is 1. The molecule has 0 radical (unpaired) electrons. The highest BCUT2D eigenvalue weighted by atomic mass is 15.0. The van der Waals surface area contributed by atoms with Crippen molar-refractivity contribution in [1.82, 2.24) is 0 Å². The Morgan fingerprint density at radius 3 is 2.53 bits per heavy atom. The Morgan fingerprint density at radius 2 is 1.93 bits per heavy atom. The van der Waals surface area contributed by atoms with Crippen LogP contribution < -0.4 is 11.1 Å². The van der Waals surface area contributed by atoms with Gasteiger partial charge in [0.15, 0.2) is 0 Å². The molecule has 0 unspecified atom stereocenters. The molecule has 0 aliphatic carbocycles. The summed E-state index contributed by atoms with van der Waals surface area (Å²) in [6.45, 7) is 9.31. The van der Waals surface area contributed by atoms with Crippen molar-refractivity contribution in [3.05, 3.63) is 29.3 Å². The summed E-state index contributed by atoms with van der Waals surface area (Å²) < 4.78 is 0. The molecule has 1 aromatic carbocycles. The first-order valence-corrected chi connectivity index (χ1v) is 5.50. The van der Waals surface area contributed by atoms with Crippen molar-refractivity contribution in [1.29, 1.82) is 0 Å². The molecular formula is C13H22N2. The SMILES string of the molecule is Cc1ccc(C)c(NC(C)(C)CCN)c1. The van der Waals surface area contributed by atoms with Crippen LogP contribution in [0.15, 0.2) is 18.2 Å². The number of benzene rings is 1. The topological polar surface area (TPSA) is 38.0 Å². The maximum atomic E-state index is 5.60. The van der Waals surface area contributed by atoms with Crippen molar-refractivity contribution in [3.8, 4) is 0 Å². The molecular weight excluding hydrogens is 184 g/mol. The lowest BCUT2D eigenvalue weighted by molar-refractivity contribution is 0.526. The van der Waals surface area contributed by atoms with Gasteiger partial charge >= 0.3 is 0 Å². The van der Waals surface area contributed by atoms with Crippen molar-refractivity contribution in [2.45, 2.75) is 39.7 Å². The first-order valence-electron chi connectivity index (χ1n) is 5.50. The van der Waals surface area contributed by atoms with Crippen LogP contribution >= 0.6 is 0 Å². The summed E-state index contributed by atoms with van der Waals surface area (Å²) in [6, 6.07) is 6.47. The Balaban J connectivity index is 2.83. The Kier molecular flexibility index (Phi) is 3.75. The Bertz CT molecular complexity index is 329. The molecule has 0 aliphatic rings. The van der Waals surface area contributed by atoms with Crippen LogP contribution in [0.5, 0.6) is 0 Å². The molecule has 0 saturated heterocycles. The molecule has 0 saturated carbocycles. The van der Waals surface area contributed by atoms with Gasteiger partial charge in [-0.15, -0.1) is 0 Å². The van der Waals surface area contributed by atoms with Gasteiger partial charge in [-0.2, -0.15) is 0 Å². The van der Waals surface area contributed by atoms with E-state index in [-0.39, 0.29) is 5.54 Å². The first-order chi connectivity index (χ1) is 6.94. The zero-order valence-corrected chi connectivity index (χ0v) is 10.2. The molecule has 1 rings (SSSR count). The predicted molar refractivity (Wildman–Crippen MR) is 67.3 cm³/mol. The lowest BCUT2D eigenvalue weighted by Crippen LogP contribution is -2.33. The fourth-order valence-corrected chi connectivity index (χ4v) is 1.66. The van der Waals surface area contributed by atoms with Gasteiger partial charge < -0.3 is 11.1 Å². The second-order valence-corrected chi connectivity index (χ2v) is 4.87. The third-order valence-corrected chi connectivity index (χ3v) is 2.64. The molecule has 0 fully saturated rings. The van der Waals surface area contributed by atoms with Crippen LogP contribution in [0.2, 0.25) is 0 Å². The van der Waals surface area contributed by atoms with E-state index in [4.69, 9.17) is 5.73 Å². The van der Waals surface area contributed by atoms with Crippen molar-refractivity contribution < 1.29 is 0 Å². The van der Waals surface area contributed by atoms with Gasteiger partial charge in [-0.25, -0.2) is 0 Å². The minimum Gasteiger partial charge on any atom is -0.380 e. The lowest BCUT2D eigenvalue weighted by Gasteiger charge is -2.28. The van der Waals surface area contributed by atoms with E-state index in [1.807, 2.05) is 0 Å². The number of rotatable bonds is 4. The third-order valence-electron chi connectivity index (χ3n) is 2.64. The zero-order chi connectivity index (χ0) is 11.5. The molecule has 0 amide bonds. The van der Waals surface area contributed by atoms with Gasteiger partial charge in [-0.05, 0) is 57.9 Å².